The van der Waals surface area contributed by atoms with E-state index in [1.165, 1.54) is 0 Å². The van der Waals surface area contributed by atoms with E-state index in [0.717, 1.165) is 3.57 Å². The molecule has 3 aromatic rings. The van der Waals surface area contributed by atoms with Crippen LogP contribution < -0.4 is 14.8 Å². The normalized spacial score (nSPS) is 10.2. The lowest BCUT2D eigenvalue weighted by atomic mass is 10.2. The molecular weight excluding hydrogens is 431 g/mol. The highest BCUT2D eigenvalue weighted by Crippen LogP contribution is 2.30. The fraction of sp³-hybridized carbons (Fsp3) is 0.0526. The van der Waals surface area contributed by atoms with Gasteiger partial charge in [0, 0.05) is 15.2 Å². The summed E-state index contributed by atoms with van der Waals surface area (Å²) < 4.78 is 12.0. The molecule has 0 atom stereocenters. The molecule has 0 fully saturated rings. The Labute approximate surface area is 159 Å². The van der Waals surface area contributed by atoms with Crippen molar-refractivity contribution in [2.45, 2.75) is 0 Å². The highest BCUT2D eigenvalue weighted by atomic mass is 127. The number of halogens is 1. The van der Waals surface area contributed by atoms with Crippen LogP contribution in [0.3, 0.4) is 0 Å². The van der Waals surface area contributed by atoms with Gasteiger partial charge in [0.1, 0.15) is 0 Å². The molecule has 2 aromatic carbocycles. The summed E-state index contributed by atoms with van der Waals surface area (Å²) in [7, 11) is 1.58. The summed E-state index contributed by atoms with van der Waals surface area (Å²) in [5, 5.41) is 2.81. The number of rotatable bonds is 5. The fourth-order valence-corrected chi connectivity index (χ4v) is 2.49. The van der Waals surface area contributed by atoms with E-state index in [2.05, 4.69) is 32.9 Å². The van der Waals surface area contributed by atoms with E-state index in [1.807, 2.05) is 30.3 Å². The van der Waals surface area contributed by atoms with Gasteiger partial charge >= 0.3 is 0 Å². The van der Waals surface area contributed by atoms with E-state index in [9.17, 15) is 4.79 Å². The number of amides is 1. The molecule has 1 aromatic heterocycles. The van der Waals surface area contributed by atoms with E-state index in [1.54, 1.807) is 43.6 Å². The van der Waals surface area contributed by atoms with Crippen molar-refractivity contribution in [3.63, 3.8) is 0 Å². The average molecular weight is 446 g/mol. The number of para-hydroxylation sites is 2. The van der Waals surface area contributed by atoms with Crippen LogP contribution in [0, 0.1) is 3.57 Å². The number of ether oxygens (including phenoxy) is 2. The lowest BCUT2D eigenvalue weighted by molar-refractivity contribution is 0.102. The fourth-order valence-electron chi connectivity index (χ4n) is 2.13. The third kappa shape index (κ3) is 4.48. The Bertz CT molecular complexity index is 865. The monoisotopic (exact) mass is 446 g/mol. The molecule has 6 heteroatoms. The first-order valence-electron chi connectivity index (χ1n) is 7.49. The van der Waals surface area contributed by atoms with Crippen LogP contribution in [0.2, 0.25) is 0 Å². The summed E-state index contributed by atoms with van der Waals surface area (Å²) in [4.78, 5) is 16.4. The zero-order valence-corrected chi connectivity index (χ0v) is 15.6. The number of methoxy groups -OCH3 is 1. The standard InChI is InChI=1S/C19H15IN2O3/c1-24-16-4-2-3-5-17(16)25-18-11-10-15(12-21-18)22-19(23)13-6-8-14(20)9-7-13/h2-12H,1H3,(H,22,23). The summed E-state index contributed by atoms with van der Waals surface area (Å²) in [6.07, 6.45) is 1.55. The molecule has 0 spiro atoms. The molecule has 0 saturated heterocycles. The molecule has 0 aliphatic heterocycles. The van der Waals surface area contributed by atoms with Crippen molar-refractivity contribution in [3.8, 4) is 17.4 Å². The summed E-state index contributed by atoms with van der Waals surface area (Å²) in [5.74, 6) is 1.43. The van der Waals surface area contributed by atoms with Crippen molar-refractivity contribution in [1.82, 2.24) is 4.98 Å². The molecule has 126 valence electrons. The van der Waals surface area contributed by atoms with Crippen LogP contribution in [0.15, 0.2) is 66.9 Å². The number of hydrogen-bond acceptors (Lipinski definition) is 4. The molecule has 0 bridgehead atoms. The van der Waals surface area contributed by atoms with Crippen molar-refractivity contribution < 1.29 is 14.3 Å². The number of carbonyl (C=O) groups excluding carboxylic acids is 1. The minimum Gasteiger partial charge on any atom is -0.493 e. The Balaban J connectivity index is 1.68. The van der Waals surface area contributed by atoms with Crippen LogP contribution in [0.5, 0.6) is 17.4 Å². The lowest BCUT2D eigenvalue weighted by Crippen LogP contribution is -2.11. The average Bonchev–Trinajstić information content (AvgIpc) is 2.64. The van der Waals surface area contributed by atoms with Crippen molar-refractivity contribution >= 4 is 34.2 Å². The van der Waals surface area contributed by atoms with Crippen molar-refractivity contribution in [1.29, 1.82) is 0 Å². The molecule has 1 heterocycles. The first kappa shape index (κ1) is 17.2. The number of nitrogens with one attached hydrogen (secondary N) is 1. The lowest BCUT2D eigenvalue weighted by Gasteiger charge is -2.10. The summed E-state index contributed by atoms with van der Waals surface area (Å²) in [6.45, 7) is 0. The topological polar surface area (TPSA) is 60.5 Å². The van der Waals surface area contributed by atoms with E-state index in [0.29, 0.717) is 28.6 Å². The summed E-state index contributed by atoms with van der Waals surface area (Å²) in [5.41, 5.74) is 1.19. The molecular formula is C19H15IN2O3. The molecule has 0 aliphatic carbocycles. The van der Waals surface area contributed by atoms with Crippen LogP contribution in [-0.2, 0) is 0 Å². The Morgan fingerprint density at radius 3 is 2.36 bits per heavy atom. The Morgan fingerprint density at radius 2 is 1.72 bits per heavy atom. The van der Waals surface area contributed by atoms with Gasteiger partial charge in [-0.3, -0.25) is 4.79 Å². The van der Waals surface area contributed by atoms with Gasteiger partial charge in [0.15, 0.2) is 11.5 Å². The molecule has 25 heavy (non-hydrogen) atoms. The SMILES string of the molecule is COc1ccccc1Oc1ccc(NC(=O)c2ccc(I)cc2)cn1. The van der Waals surface area contributed by atoms with E-state index >= 15 is 0 Å². The number of pyridine rings is 1. The number of aromatic nitrogens is 1. The van der Waals surface area contributed by atoms with Crippen LogP contribution in [0.4, 0.5) is 5.69 Å². The van der Waals surface area contributed by atoms with Crippen LogP contribution in [-0.4, -0.2) is 18.0 Å². The van der Waals surface area contributed by atoms with Gasteiger partial charge in [0.2, 0.25) is 5.88 Å². The van der Waals surface area contributed by atoms with Gasteiger partial charge < -0.3 is 14.8 Å². The molecule has 0 aliphatic rings. The smallest absolute Gasteiger partial charge is 0.255 e. The molecule has 1 amide bonds. The van der Waals surface area contributed by atoms with E-state index < -0.39 is 0 Å². The Kier molecular flexibility index (Phi) is 5.49. The largest absolute Gasteiger partial charge is 0.493 e. The number of hydrogen-bond donors (Lipinski definition) is 1. The van der Waals surface area contributed by atoms with Gasteiger partial charge in [-0.1, -0.05) is 12.1 Å². The summed E-state index contributed by atoms with van der Waals surface area (Å²) >= 11 is 2.20. The minimum absolute atomic E-state index is 0.184. The maximum absolute atomic E-state index is 12.2. The number of benzene rings is 2. The van der Waals surface area contributed by atoms with Gasteiger partial charge in [-0.2, -0.15) is 0 Å². The Morgan fingerprint density at radius 1 is 1.00 bits per heavy atom. The van der Waals surface area contributed by atoms with E-state index in [4.69, 9.17) is 9.47 Å². The van der Waals surface area contributed by atoms with Gasteiger partial charge in [0.25, 0.3) is 5.91 Å². The molecule has 5 nitrogen and oxygen atoms in total. The van der Waals surface area contributed by atoms with Gasteiger partial charge in [-0.25, -0.2) is 4.98 Å². The van der Waals surface area contributed by atoms with Crippen LogP contribution in [0.25, 0.3) is 0 Å². The third-order valence-corrected chi connectivity index (χ3v) is 4.10. The van der Waals surface area contributed by atoms with Crippen molar-refractivity contribution in [3.05, 3.63) is 76.0 Å². The first-order valence-corrected chi connectivity index (χ1v) is 8.57. The maximum Gasteiger partial charge on any atom is 0.255 e. The van der Waals surface area contributed by atoms with Gasteiger partial charge in [-0.15, -0.1) is 0 Å². The zero-order valence-electron chi connectivity index (χ0n) is 13.4. The molecule has 0 unspecified atom stereocenters. The van der Waals surface area contributed by atoms with Gasteiger partial charge in [-0.05, 0) is 65.1 Å². The van der Waals surface area contributed by atoms with Crippen LogP contribution >= 0.6 is 22.6 Å². The number of nitrogens with zero attached hydrogens (tertiary/aromatic N) is 1. The Hall–Kier alpha value is -2.61. The second-order valence-corrected chi connectivity index (χ2v) is 6.34. The molecule has 0 saturated carbocycles. The molecule has 0 radical (unpaired) electrons. The van der Waals surface area contributed by atoms with Crippen molar-refractivity contribution in [2.24, 2.45) is 0 Å². The third-order valence-electron chi connectivity index (χ3n) is 3.38. The maximum atomic E-state index is 12.2. The quantitative estimate of drug-likeness (QED) is 0.576. The van der Waals surface area contributed by atoms with E-state index in [-0.39, 0.29) is 5.91 Å². The highest BCUT2D eigenvalue weighted by Gasteiger charge is 2.08. The van der Waals surface area contributed by atoms with Crippen LogP contribution in [0.1, 0.15) is 10.4 Å². The number of carbonyl (C=O) groups is 1. The zero-order chi connectivity index (χ0) is 17.6. The molecule has 1 N–H and O–H groups in total. The highest BCUT2D eigenvalue weighted by molar-refractivity contribution is 14.1. The second-order valence-electron chi connectivity index (χ2n) is 5.10. The van der Waals surface area contributed by atoms with Crippen molar-refractivity contribution in [2.75, 3.05) is 12.4 Å². The molecule has 3 rings (SSSR count). The van der Waals surface area contributed by atoms with Gasteiger partial charge in [0.05, 0.1) is 19.0 Å². The predicted molar refractivity (Wildman–Crippen MR) is 104 cm³/mol. The predicted octanol–water partition coefficient (Wildman–Crippen LogP) is 4.74. The second kappa shape index (κ2) is 7.98. The minimum atomic E-state index is -0.184. The number of anilines is 1. The summed E-state index contributed by atoms with van der Waals surface area (Å²) in [6, 6.07) is 18.1. The first-order chi connectivity index (χ1) is 12.2.